The van der Waals surface area contributed by atoms with Crippen LogP contribution < -0.4 is 0 Å². The lowest BCUT2D eigenvalue weighted by Crippen LogP contribution is -2.08. The Morgan fingerprint density at radius 1 is 1.10 bits per heavy atom. The van der Waals surface area contributed by atoms with Crippen LogP contribution in [0.2, 0.25) is 5.15 Å². The molecule has 1 aromatic carbocycles. The Labute approximate surface area is 120 Å². The molecule has 104 valence electrons. The van der Waals surface area contributed by atoms with Gasteiger partial charge in [-0.25, -0.2) is 18.7 Å². The summed E-state index contributed by atoms with van der Waals surface area (Å²) in [6.07, 6.45) is 1.45. The molecule has 1 aliphatic carbocycles. The molecule has 0 aliphatic heterocycles. The van der Waals surface area contributed by atoms with Crippen LogP contribution >= 0.6 is 11.6 Å². The van der Waals surface area contributed by atoms with Crippen LogP contribution in [0.25, 0.3) is 11.4 Å². The molecule has 0 saturated heterocycles. The van der Waals surface area contributed by atoms with E-state index in [1.807, 2.05) is 0 Å². The van der Waals surface area contributed by atoms with E-state index in [-0.39, 0.29) is 5.56 Å². The van der Waals surface area contributed by atoms with E-state index >= 15 is 0 Å². The first-order valence-electron chi connectivity index (χ1n) is 6.59. The molecule has 0 atom stereocenters. The van der Waals surface area contributed by atoms with Gasteiger partial charge in [-0.3, -0.25) is 0 Å². The summed E-state index contributed by atoms with van der Waals surface area (Å²) in [5.74, 6) is 0.429. The average Bonchev–Trinajstić information content (AvgIpc) is 2.47. The summed E-state index contributed by atoms with van der Waals surface area (Å²) in [4.78, 5) is 8.77. The standard InChI is InChI=1S/C15H13ClF2N2/c16-13-11-6-1-2-7-12(11)19-15(20-13)10-5-3-4-9(8-10)14(17)18/h3-5,8,14H,1-2,6-7H2. The van der Waals surface area contributed by atoms with Gasteiger partial charge in [-0.15, -0.1) is 0 Å². The number of aromatic nitrogens is 2. The Bertz CT molecular complexity index is 644. The summed E-state index contributed by atoms with van der Waals surface area (Å²) >= 11 is 6.20. The van der Waals surface area contributed by atoms with Crippen LogP contribution in [-0.4, -0.2) is 9.97 Å². The first-order valence-corrected chi connectivity index (χ1v) is 6.96. The molecule has 20 heavy (non-hydrogen) atoms. The zero-order valence-electron chi connectivity index (χ0n) is 10.7. The summed E-state index contributed by atoms with van der Waals surface area (Å²) in [5.41, 5.74) is 2.51. The molecule has 0 radical (unpaired) electrons. The van der Waals surface area contributed by atoms with Crippen molar-refractivity contribution in [3.63, 3.8) is 0 Å². The molecule has 0 unspecified atom stereocenters. The van der Waals surface area contributed by atoms with Crippen LogP contribution in [0.5, 0.6) is 0 Å². The van der Waals surface area contributed by atoms with E-state index in [0.29, 0.717) is 16.5 Å². The lowest BCUT2D eigenvalue weighted by atomic mass is 9.97. The van der Waals surface area contributed by atoms with Gasteiger partial charge in [0.1, 0.15) is 5.15 Å². The van der Waals surface area contributed by atoms with Crippen LogP contribution in [0.4, 0.5) is 8.78 Å². The highest BCUT2D eigenvalue weighted by atomic mass is 35.5. The molecule has 0 fully saturated rings. The molecular weight excluding hydrogens is 282 g/mol. The number of hydrogen-bond acceptors (Lipinski definition) is 2. The number of benzene rings is 1. The summed E-state index contributed by atoms with van der Waals surface area (Å²) in [6.45, 7) is 0. The quantitative estimate of drug-likeness (QED) is 0.756. The van der Waals surface area contributed by atoms with Crippen molar-refractivity contribution in [1.29, 1.82) is 0 Å². The molecule has 2 aromatic rings. The maximum atomic E-state index is 12.7. The van der Waals surface area contributed by atoms with Gasteiger partial charge in [0, 0.05) is 22.4 Å². The van der Waals surface area contributed by atoms with E-state index in [4.69, 9.17) is 11.6 Å². The highest BCUT2D eigenvalue weighted by molar-refractivity contribution is 6.30. The molecule has 0 spiro atoms. The smallest absolute Gasteiger partial charge is 0.233 e. The van der Waals surface area contributed by atoms with Crippen LogP contribution in [0.3, 0.4) is 0 Å². The van der Waals surface area contributed by atoms with E-state index in [0.717, 1.165) is 36.9 Å². The third-order valence-electron chi connectivity index (χ3n) is 3.53. The van der Waals surface area contributed by atoms with Crippen molar-refractivity contribution in [2.75, 3.05) is 0 Å². The minimum atomic E-state index is -2.50. The number of alkyl halides is 2. The molecule has 2 nitrogen and oxygen atoms in total. The SMILES string of the molecule is FC(F)c1cccc(-c2nc(Cl)c3c(n2)CCCC3)c1. The zero-order valence-corrected chi connectivity index (χ0v) is 11.5. The normalized spacial score (nSPS) is 14.4. The van der Waals surface area contributed by atoms with Crippen molar-refractivity contribution in [2.45, 2.75) is 32.1 Å². The molecule has 0 N–H and O–H groups in total. The Balaban J connectivity index is 2.06. The predicted molar refractivity (Wildman–Crippen MR) is 74.1 cm³/mol. The molecule has 5 heteroatoms. The molecular formula is C15H13ClF2N2. The monoisotopic (exact) mass is 294 g/mol. The fourth-order valence-electron chi connectivity index (χ4n) is 2.49. The average molecular weight is 295 g/mol. The largest absolute Gasteiger partial charge is 0.263 e. The second-order valence-corrected chi connectivity index (χ2v) is 5.25. The molecule has 1 heterocycles. The van der Waals surface area contributed by atoms with E-state index in [1.54, 1.807) is 12.1 Å². The molecule has 0 amide bonds. The third-order valence-corrected chi connectivity index (χ3v) is 3.84. The van der Waals surface area contributed by atoms with Gasteiger partial charge in [-0.05, 0) is 31.7 Å². The molecule has 1 aromatic heterocycles. The fourth-order valence-corrected chi connectivity index (χ4v) is 2.77. The highest BCUT2D eigenvalue weighted by Gasteiger charge is 2.18. The van der Waals surface area contributed by atoms with Crippen LogP contribution in [0, 0.1) is 0 Å². The second-order valence-electron chi connectivity index (χ2n) is 4.90. The Hall–Kier alpha value is -1.55. The predicted octanol–water partition coefficient (Wildman–Crippen LogP) is 4.61. The van der Waals surface area contributed by atoms with Gasteiger partial charge in [-0.1, -0.05) is 29.8 Å². The maximum absolute atomic E-state index is 12.7. The van der Waals surface area contributed by atoms with E-state index in [2.05, 4.69) is 9.97 Å². The van der Waals surface area contributed by atoms with E-state index in [1.165, 1.54) is 12.1 Å². The topological polar surface area (TPSA) is 25.8 Å². The zero-order chi connectivity index (χ0) is 14.1. The molecule has 0 bridgehead atoms. The van der Waals surface area contributed by atoms with Gasteiger partial charge in [0.15, 0.2) is 5.82 Å². The summed E-state index contributed by atoms with van der Waals surface area (Å²) in [7, 11) is 0. The first-order chi connectivity index (χ1) is 9.65. The van der Waals surface area contributed by atoms with Gasteiger partial charge >= 0.3 is 0 Å². The number of nitrogens with zero attached hydrogens (tertiary/aromatic N) is 2. The summed E-state index contributed by atoms with van der Waals surface area (Å²) in [6, 6.07) is 6.14. The Morgan fingerprint density at radius 2 is 1.90 bits per heavy atom. The van der Waals surface area contributed by atoms with Crippen molar-refractivity contribution in [2.24, 2.45) is 0 Å². The van der Waals surface area contributed by atoms with Crippen molar-refractivity contribution in [1.82, 2.24) is 9.97 Å². The Morgan fingerprint density at radius 3 is 2.70 bits per heavy atom. The number of aryl methyl sites for hydroxylation is 1. The number of fused-ring (bicyclic) bond motifs is 1. The number of rotatable bonds is 2. The van der Waals surface area contributed by atoms with Crippen molar-refractivity contribution in [3.05, 3.63) is 46.2 Å². The number of halogens is 3. The van der Waals surface area contributed by atoms with Crippen LogP contribution in [-0.2, 0) is 12.8 Å². The lowest BCUT2D eigenvalue weighted by Gasteiger charge is -2.16. The molecule has 1 aliphatic rings. The van der Waals surface area contributed by atoms with Gasteiger partial charge in [0.2, 0.25) is 0 Å². The molecule has 3 rings (SSSR count). The van der Waals surface area contributed by atoms with E-state index < -0.39 is 6.43 Å². The van der Waals surface area contributed by atoms with Crippen molar-refractivity contribution in [3.8, 4) is 11.4 Å². The second kappa shape index (κ2) is 5.44. The Kier molecular flexibility index (Phi) is 3.66. The van der Waals surface area contributed by atoms with Gasteiger partial charge < -0.3 is 0 Å². The third kappa shape index (κ3) is 2.52. The van der Waals surface area contributed by atoms with Crippen molar-refractivity contribution >= 4 is 11.6 Å². The summed E-state index contributed by atoms with van der Waals surface area (Å²) in [5, 5.41) is 0.451. The summed E-state index contributed by atoms with van der Waals surface area (Å²) < 4.78 is 25.5. The first kappa shape index (κ1) is 13.4. The van der Waals surface area contributed by atoms with Crippen LogP contribution in [0.1, 0.15) is 36.1 Å². The molecule has 0 saturated carbocycles. The number of hydrogen-bond donors (Lipinski definition) is 0. The highest BCUT2D eigenvalue weighted by Crippen LogP contribution is 2.29. The maximum Gasteiger partial charge on any atom is 0.263 e. The van der Waals surface area contributed by atoms with Gasteiger partial charge in [0.05, 0.1) is 0 Å². The minimum absolute atomic E-state index is 0.0278. The fraction of sp³-hybridized carbons (Fsp3) is 0.333. The van der Waals surface area contributed by atoms with Gasteiger partial charge in [0.25, 0.3) is 6.43 Å². The lowest BCUT2D eigenvalue weighted by molar-refractivity contribution is 0.151. The van der Waals surface area contributed by atoms with Crippen molar-refractivity contribution < 1.29 is 8.78 Å². The minimum Gasteiger partial charge on any atom is -0.233 e. The van der Waals surface area contributed by atoms with Crippen LogP contribution in [0.15, 0.2) is 24.3 Å². The van der Waals surface area contributed by atoms with E-state index in [9.17, 15) is 8.78 Å². The van der Waals surface area contributed by atoms with Gasteiger partial charge in [-0.2, -0.15) is 0 Å².